The number of fused-ring (bicyclic) bond motifs is 1. The summed E-state index contributed by atoms with van der Waals surface area (Å²) in [6.07, 6.45) is 4.06. The Morgan fingerprint density at radius 2 is 2.42 bits per heavy atom. The molecule has 3 nitrogen and oxygen atoms in total. The van der Waals surface area contributed by atoms with E-state index in [0.29, 0.717) is 25.6 Å². The van der Waals surface area contributed by atoms with E-state index in [0.717, 1.165) is 17.2 Å². The molecule has 0 saturated carbocycles. The average molecular weight is 304 g/mol. The van der Waals surface area contributed by atoms with Gasteiger partial charge in [-0.2, -0.15) is 0 Å². The molecule has 0 saturated heterocycles. The predicted octanol–water partition coefficient (Wildman–Crippen LogP) is 3.16. The first-order valence-electron chi connectivity index (χ1n) is 6.74. The topological polar surface area (TPSA) is 41.5 Å². The molecule has 5 heteroatoms. The van der Waals surface area contributed by atoms with Gasteiger partial charge in [-0.3, -0.25) is 0 Å². The Hall–Kier alpha value is -0.130. The Labute approximate surface area is 123 Å². The van der Waals surface area contributed by atoms with Crippen molar-refractivity contribution >= 4 is 22.9 Å². The third-order valence-electron chi connectivity index (χ3n) is 3.66. The number of thiophene rings is 1. The molecule has 1 aliphatic rings. The highest BCUT2D eigenvalue weighted by atomic mass is 35.5. The predicted molar refractivity (Wildman–Crippen MR) is 80.1 cm³/mol. The molecule has 0 amide bonds. The second-order valence-electron chi connectivity index (χ2n) is 5.49. The van der Waals surface area contributed by atoms with Crippen LogP contribution < -0.4 is 5.32 Å². The fraction of sp³-hybridized carbons (Fsp3) is 0.714. The van der Waals surface area contributed by atoms with Crippen LogP contribution in [0.4, 0.5) is 0 Å². The Bertz CT molecular complexity index is 420. The van der Waals surface area contributed by atoms with E-state index >= 15 is 0 Å². The first-order valence-corrected chi connectivity index (χ1v) is 7.94. The van der Waals surface area contributed by atoms with Gasteiger partial charge >= 0.3 is 0 Å². The highest BCUT2D eigenvalue weighted by Gasteiger charge is 2.26. The lowest BCUT2D eigenvalue weighted by Crippen LogP contribution is -2.40. The minimum absolute atomic E-state index is 0.321. The molecule has 19 heavy (non-hydrogen) atoms. The Morgan fingerprint density at radius 1 is 1.63 bits per heavy atom. The summed E-state index contributed by atoms with van der Waals surface area (Å²) in [6.45, 7) is 3.01. The van der Waals surface area contributed by atoms with Crippen molar-refractivity contribution in [1.29, 1.82) is 0 Å². The van der Waals surface area contributed by atoms with Crippen LogP contribution in [-0.4, -0.2) is 31.0 Å². The Balaban J connectivity index is 1.93. The molecule has 1 heterocycles. The monoisotopic (exact) mass is 303 g/mol. The number of aryl methyl sites for hydroxylation is 1. The number of aliphatic hydroxyl groups is 1. The van der Waals surface area contributed by atoms with Crippen molar-refractivity contribution in [3.8, 4) is 0 Å². The normalized spacial score (nSPS) is 22.0. The molecule has 108 valence electrons. The van der Waals surface area contributed by atoms with Gasteiger partial charge in [0.05, 0.1) is 9.94 Å². The highest BCUT2D eigenvalue weighted by molar-refractivity contribution is 7.16. The number of hydrogen-bond donors (Lipinski definition) is 2. The zero-order chi connectivity index (χ0) is 13.9. The van der Waals surface area contributed by atoms with Crippen molar-refractivity contribution in [2.45, 2.75) is 44.2 Å². The molecule has 0 spiro atoms. The van der Waals surface area contributed by atoms with E-state index in [-0.39, 0.29) is 0 Å². The van der Waals surface area contributed by atoms with Crippen LogP contribution in [0.15, 0.2) is 6.07 Å². The maximum absolute atomic E-state index is 10.3. The molecule has 2 atom stereocenters. The van der Waals surface area contributed by atoms with Crippen molar-refractivity contribution in [2.24, 2.45) is 0 Å². The van der Waals surface area contributed by atoms with Gasteiger partial charge in [-0.15, -0.1) is 11.3 Å². The van der Waals surface area contributed by atoms with E-state index in [1.54, 1.807) is 18.4 Å². The molecule has 2 rings (SSSR count). The third-order valence-corrected chi connectivity index (χ3v) is 5.00. The van der Waals surface area contributed by atoms with Gasteiger partial charge in [0, 0.05) is 37.6 Å². The average Bonchev–Trinajstić information content (AvgIpc) is 2.74. The van der Waals surface area contributed by atoms with Gasteiger partial charge in [-0.05, 0) is 37.8 Å². The molecule has 1 aromatic heterocycles. The van der Waals surface area contributed by atoms with Crippen LogP contribution in [0.2, 0.25) is 4.34 Å². The van der Waals surface area contributed by atoms with E-state index < -0.39 is 5.60 Å². The van der Waals surface area contributed by atoms with E-state index in [4.69, 9.17) is 16.3 Å². The van der Waals surface area contributed by atoms with Gasteiger partial charge in [-0.25, -0.2) is 0 Å². The van der Waals surface area contributed by atoms with Crippen LogP contribution in [0.25, 0.3) is 0 Å². The SMILES string of the molecule is COCCC(C)(O)CNC1CCCc2sc(Cl)cc21. The van der Waals surface area contributed by atoms with Crippen molar-refractivity contribution in [3.63, 3.8) is 0 Å². The van der Waals surface area contributed by atoms with Crippen molar-refractivity contribution in [3.05, 3.63) is 20.8 Å². The number of hydrogen-bond acceptors (Lipinski definition) is 4. The van der Waals surface area contributed by atoms with Gasteiger partial charge in [0.2, 0.25) is 0 Å². The van der Waals surface area contributed by atoms with Gasteiger partial charge in [-0.1, -0.05) is 11.6 Å². The molecule has 2 unspecified atom stereocenters. The fourth-order valence-corrected chi connectivity index (χ4v) is 3.87. The summed E-state index contributed by atoms with van der Waals surface area (Å²) >= 11 is 7.78. The van der Waals surface area contributed by atoms with Crippen LogP contribution in [0.3, 0.4) is 0 Å². The summed E-state index contributed by atoms with van der Waals surface area (Å²) in [5.41, 5.74) is 0.594. The number of methoxy groups -OCH3 is 1. The Morgan fingerprint density at radius 3 is 3.16 bits per heavy atom. The van der Waals surface area contributed by atoms with Gasteiger partial charge in [0.15, 0.2) is 0 Å². The first kappa shape index (κ1) is 15.3. The molecule has 2 N–H and O–H groups in total. The number of rotatable bonds is 6. The second kappa shape index (κ2) is 6.55. The number of halogens is 1. The first-order chi connectivity index (χ1) is 9.02. The lowest BCUT2D eigenvalue weighted by Gasteiger charge is -2.29. The smallest absolute Gasteiger partial charge is 0.0934 e. The maximum atomic E-state index is 10.3. The summed E-state index contributed by atoms with van der Waals surface area (Å²) in [7, 11) is 1.66. The zero-order valence-corrected chi connectivity index (χ0v) is 13.1. The van der Waals surface area contributed by atoms with Gasteiger partial charge in [0.1, 0.15) is 0 Å². The Kier molecular flexibility index (Phi) is 5.26. The standard InChI is InChI=1S/C14H22ClNO2S/c1-14(17,6-7-18-2)9-16-11-4-3-5-12-10(11)8-13(15)19-12/h8,11,16-17H,3-7,9H2,1-2H3. The van der Waals surface area contributed by atoms with Crippen LogP contribution in [0.5, 0.6) is 0 Å². The van der Waals surface area contributed by atoms with Crippen LogP contribution in [-0.2, 0) is 11.2 Å². The summed E-state index contributed by atoms with van der Waals surface area (Å²) < 4.78 is 5.89. The lowest BCUT2D eigenvalue weighted by atomic mass is 9.93. The van der Waals surface area contributed by atoms with Gasteiger partial charge in [0.25, 0.3) is 0 Å². The summed E-state index contributed by atoms with van der Waals surface area (Å²) in [4.78, 5) is 1.39. The van der Waals surface area contributed by atoms with Gasteiger partial charge < -0.3 is 15.2 Å². The minimum atomic E-state index is -0.729. The number of ether oxygens (including phenoxy) is 1. The number of nitrogens with one attached hydrogen (secondary N) is 1. The van der Waals surface area contributed by atoms with E-state index in [2.05, 4.69) is 11.4 Å². The third kappa shape index (κ3) is 4.17. The summed E-state index contributed by atoms with van der Waals surface area (Å²) in [6, 6.07) is 2.39. The second-order valence-corrected chi connectivity index (χ2v) is 7.26. The molecule has 0 radical (unpaired) electrons. The molecule has 0 fully saturated rings. The highest BCUT2D eigenvalue weighted by Crippen LogP contribution is 2.37. The maximum Gasteiger partial charge on any atom is 0.0934 e. The minimum Gasteiger partial charge on any atom is -0.389 e. The largest absolute Gasteiger partial charge is 0.389 e. The quantitative estimate of drug-likeness (QED) is 0.848. The molecule has 0 bridgehead atoms. The zero-order valence-electron chi connectivity index (χ0n) is 11.5. The van der Waals surface area contributed by atoms with E-state index in [9.17, 15) is 5.11 Å². The molecule has 1 aromatic rings. The van der Waals surface area contributed by atoms with E-state index in [1.807, 2.05) is 6.92 Å². The van der Waals surface area contributed by atoms with Crippen LogP contribution in [0.1, 0.15) is 42.7 Å². The van der Waals surface area contributed by atoms with E-state index in [1.165, 1.54) is 16.9 Å². The molecular weight excluding hydrogens is 282 g/mol. The fourth-order valence-electron chi connectivity index (χ4n) is 2.49. The van der Waals surface area contributed by atoms with Crippen molar-refractivity contribution in [2.75, 3.05) is 20.3 Å². The van der Waals surface area contributed by atoms with Crippen molar-refractivity contribution in [1.82, 2.24) is 5.32 Å². The molecule has 1 aliphatic carbocycles. The summed E-state index contributed by atoms with van der Waals surface area (Å²) in [5, 5.41) is 13.7. The molecule has 0 aliphatic heterocycles. The van der Waals surface area contributed by atoms with Crippen LogP contribution >= 0.6 is 22.9 Å². The van der Waals surface area contributed by atoms with Crippen molar-refractivity contribution < 1.29 is 9.84 Å². The molecule has 0 aromatic carbocycles. The van der Waals surface area contributed by atoms with Crippen LogP contribution in [0, 0.1) is 0 Å². The summed E-state index contributed by atoms with van der Waals surface area (Å²) in [5.74, 6) is 0. The molecular formula is C14H22ClNO2S. The lowest BCUT2D eigenvalue weighted by molar-refractivity contribution is 0.0223.